The summed E-state index contributed by atoms with van der Waals surface area (Å²) in [5.41, 5.74) is 2.58. The van der Waals surface area contributed by atoms with E-state index in [1.54, 1.807) is 42.3 Å². The number of methoxy groups -OCH3 is 1. The zero-order valence-electron chi connectivity index (χ0n) is 12.8. The molecule has 7 nitrogen and oxygen atoms in total. The summed E-state index contributed by atoms with van der Waals surface area (Å²) in [6.45, 7) is 0. The molecule has 4 aromatic rings. The third-order valence-electron chi connectivity index (χ3n) is 3.45. The number of ether oxygens (including phenoxy) is 2. The SMILES string of the molecule is COc1ccc2ncc(-c3ccc(Oc4ncccn4)cc3)n2n1. The maximum absolute atomic E-state index is 5.59. The van der Waals surface area contributed by atoms with Crippen LogP contribution in [0.25, 0.3) is 16.9 Å². The first-order valence-electron chi connectivity index (χ1n) is 7.27. The standard InChI is InChI=1S/C17H13N5O2/c1-23-16-8-7-15-20-11-14(22(15)21-16)12-3-5-13(6-4-12)24-17-18-9-2-10-19-17/h2-11H,1H3. The van der Waals surface area contributed by atoms with Gasteiger partial charge in [-0.15, -0.1) is 5.10 Å². The Hall–Kier alpha value is -3.48. The Morgan fingerprint density at radius 1 is 0.917 bits per heavy atom. The van der Waals surface area contributed by atoms with Gasteiger partial charge >= 0.3 is 6.01 Å². The molecule has 0 bridgehead atoms. The van der Waals surface area contributed by atoms with Crippen LogP contribution in [-0.2, 0) is 0 Å². The molecule has 0 fully saturated rings. The molecule has 0 saturated carbocycles. The molecule has 3 aromatic heterocycles. The van der Waals surface area contributed by atoms with Crippen molar-refractivity contribution in [3.8, 4) is 28.9 Å². The third-order valence-corrected chi connectivity index (χ3v) is 3.45. The summed E-state index contributed by atoms with van der Waals surface area (Å²) >= 11 is 0. The van der Waals surface area contributed by atoms with Crippen LogP contribution >= 0.6 is 0 Å². The average Bonchev–Trinajstić information content (AvgIpc) is 3.06. The zero-order valence-corrected chi connectivity index (χ0v) is 12.8. The lowest BCUT2D eigenvalue weighted by molar-refractivity contribution is 0.390. The highest BCUT2D eigenvalue weighted by molar-refractivity contribution is 5.63. The lowest BCUT2D eigenvalue weighted by Crippen LogP contribution is -1.97. The Bertz CT molecular complexity index is 967. The molecule has 7 heteroatoms. The zero-order chi connectivity index (χ0) is 16.4. The minimum absolute atomic E-state index is 0.312. The van der Waals surface area contributed by atoms with Crippen LogP contribution in [0.4, 0.5) is 0 Å². The number of fused-ring (bicyclic) bond motifs is 1. The van der Waals surface area contributed by atoms with Gasteiger partial charge in [-0.05, 0) is 36.4 Å². The molecule has 0 aliphatic carbocycles. The Morgan fingerprint density at radius 3 is 2.46 bits per heavy atom. The van der Waals surface area contributed by atoms with Crippen LogP contribution in [0.15, 0.2) is 61.1 Å². The Labute approximate surface area is 137 Å². The van der Waals surface area contributed by atoms with E-state index in [0.29, 0.717) is 17.6 Å². The largest absolute Gasteiger partial charge is 0.480 e. The molecule has 118 valence electrons. The maximum Gasteiger partial charge on any atom is 0.321 e. The summed E-state index contributed by atoms with van der Waals surface area (Å²) in [7, 11) is 1.59. The second-order valence-corrected chi connectivity index (χ2v) is 4.95. The van der Waals surface area contributed by atoms with E-state index in [2.05, 4.69) is 20.1 Å². The van der Waals surface area contributed by atoms with Crippen molar-refractivity contribution in [1.29, 1.82) is 0 Å². The van der Waals surface area contributed by atoms with Crippen molar-refractivity contribution in [2.45, 2.75) is 0 Å². The first kappa shape index (κ1) is 14.1. The minimum Gasteiger partial charge on any atom is -0.480 e. The van der Waals surface area contributed by atoms with Crippen molar-refractivity contribution < 1.29 is 9.47 Å². The van der Waals surface area contributed by atoms with E-state index >= 15 is 0 Å². The van der Waals surface area contributed by atoms with Crippen LogP contribution < -0.4 is 9.47 Å². The van der Waals surface area contributed by atoms with Gasteiger partial charge in [0.1, 0.15) is 5.75 Å². The van der Waals surface area contributed by atoms with Gasteiger partial charge in [0.05, 0.1) is 19.0 Å². The van der Waals surface area contributed by atoms with Crippen LogP contribution in [0.2, 0.25) is 0 Å². The average molecular weight is 319 g/mol. The first-order valence-corrected chi connectivity index (χ1v) is 7.27. The maximum atomic E-state index is 5.59. The fraction of sp³-hybridized carbons (Fsp3) is 0.0588. The van der Waals surface area contributed by atoms with Gasteiger partial charge in [0.25, 0.3) is 0 Å². The van der Waals surface area contributed by atoms with Gasteiger partial charge in [-0.1, -0.05) is 0 Å². The highest BCUT2D eigenvalue weighted by atomic mass is 16.5. The Morgan fingerprint density at radius 2 is 1.71 bits per heavy atom. The topological polar surface area (TPSA) is 74.4 Å². The van der Waals surface area contributed by atoms with Crippen LogP contribution in [0.1, 0.15) is 0 Å². The van der Waals surface area contributed by atoms with Crippen LogP contribution in [0, 0.1) is 0 Å². The van der Waals surface area contributed by atoms with Gasteiger partial charge in [0, 0.05) is 24.0 Å². The first-order chi connectivity index (χ1) is 11.8. The van der Waals surface area contributed by atoms with Gasteiger partial charge < -0.3 is 9.47 Å². The molecule has 0 spiro atoms. The predicted octanol–water partition coefficient (Wildman–Crippen LogP) is 2.99. The molecule has 24 heavy (non-hydrogen) atoms. The van der Waals surface area contributed by atoms with Crippen LogP contribution in [-0.4, -0.2) is 31.7 Å². The van der Waals surface area contributed by atoms with Crippen LogP contribution in [0.3, 0.4) is 0 Å². The van der Waals surface area contributed by atoms with Gasteiger partial charge in [0.15, 0.2) is 5.65 Å². The molecule has 4 rings (SSSR count). The van der Waals surface area contributed by atoms with Crippen molar-refractivity contribution >= 4 is 5.65 Å². The molecule has 1 aromatic carbocycles. The molecule has 0 atom stereocenters. The second kappa shape index (κ2) is 5.96. The van der Waals surface area contributed by atoms with Gasteiger partial charge in [-0.3, -0.25) is 0 Å². The lowest BCUT2D eigenvalue weighted by atomic mass is 10.1. The van der Waals surface area contributed by atoms with Crippen molar-refractivity contribution in [3.05, 3.63) is 61.1 Å². The molecule has 0 saturated heterocycles. The summed E-state index contributed by atoms with van der Waals surface area (Å²) in [6.07, 6.45) is 5.04. The highest BCUT2D eigenvalue weighted by Gasteiger charge is 2.09. The summed E-state index contributed by atoms with van der Waals surface area (Å²) in [5, 5.41) is 4.40. The molecular formula is C17H13N5O2. The number of aromatic nitrogens is 5. The Balaban J connectivity index is 1.65. The molecular weight excluding hydrogens is 306 g/mol. The van der Waals surface area contributed by atoms with E-state index in [-0.39, 0.29) is 0 Å². The smallest absolute Gasteiger partial charge is 0.321 e. The second-order valence-electron chi connectivity index (χ2n) is 4.95. The monoisotopic (exact) mass is 319 g/mol. The van der Waals surface area contributed by atoms with E-state index in [1.807, 2.05) is 30.3 Å². The molecule has 0 aliphatic heterocycles. The predicted molar refractivity (Wildman–Crippen MR) is 87.1 cm³/mol. The van der Waals surface area contributed by atoms with E-state index < -0.39 is 0 Å². The van der Waals surface area contributed by atoms with E-state index in [4.69, 9.17) is 9.47 Å². The number of hydrogen-bond acceptors (Lipinski definition) is 6. The van der Waals surface area contributed by atoms with Crippen molar-refractivity contribution in [3.63, 3.8) is 0 Å². The van der Waals surface area contributed by atoms with Crippen molar-refractivity contribution in [2.75, 3.05) is 7.11 Å². The molecule has 0 N–H and O–H groups in total. The minimum atomic E-state index is 0.312. The molecule has 0 radical (unpaired) electrons. The summed E-state index contributed by atoms with van der Waals surface area (Å²) in [4.78, 5) is 12.4. The van der Waals surface area contributed by atoms with E-state index in [1.165, 1.54) is 0 Å². The number of hydrogen-bond donors (Lipinski definition) is 0. The number of imidazole rings is 1. The molecule has 3 heterocycles. The van der Waals surface area contributed by atoms with Crippen molar-refractivity contribution in [2.24, 2.45) is 0 Å². The fourth-order valence-electron chi connectivity index (χ4n) is 2.30. The summed E-state index contributed by atoms with van der Waals surface area (Å²) in [6, 6.07) is 13.3. The van der Waals surface area contributed by atoms with Crippen molar-refractivity contribution in [1.82, 2.24) is 24.6 Å². The fourth-order valence-corrected chi connectivity index (χ4v) is 2.30. The summed E-state index contributed by atoms with van der Waals surface area (Å²) < 4.78 is 12.5. The quantitative estimate of drug-likeness (QED) is 0.575. The van der Waals surface area contributed by atoms with Gasteiger partial charge in [0.2, 0.25) is 5.88 Å². The Kier molecular flexibility index (Phi) is 3.51. The normalized spacial score (nSPS) is 10.7. The van der Waals surface area contributed by atoms with E-state index in [0.717, 1.165) is 16.9 Å². The van der Waals surface area contributed by atoms with E-state index in [9.17, 15) is 0 Å². The lowest BCUT2D eigenvalue weighted by Gasteiger charge is -2.05. The highest BCUT2D eigenvalue weighted by Crippen LogP contribution is 2.25. The third kappa shape index (κ3) is 2.63. The molecule has 0 aliphatic rings. The summed E-state index contributed by atoms with van der Waals surface area (Å²) in [5.74, 6) is 1.19. The van der Waals surface area contributed by atoms with Gasteiger partial charge in [-0.2, -0.15) is 0 Å². The number of nitrogens with zero attached hydrogens (tertiary/aromatic N) is 5. The molecule has 0 unspecified atom stereocenters. The molecule has 0 amide bonds. The van der Waals surface area contributed by atoms with Gasteiger partial charge in [-0.25, -0.2) is 19.5 Å². The van der Waals surface area contributed by atoms with Crippen LogP contribution in [0.5, 0.6) is 17.6 Å². The number of rotatable bonds is 4. The number of benzene rings is 1.